The quantitative estimate of drug-likeness (QED) is 0.458. The van der Waals surface area contributed by atoms with Gasteiger partial charge < -0.3 is 14.2 Å². The third kappa shape index (κ3) is 3.37. The molecule has 1 aliphatic heterocycles. The number of fused-ring (bicyclic) bond motifs is 1. The van der Waals surface area contributed by atoms with Gasteiger partial charge in [0.05, 0.1) is 6.61 Å². The molecule has 1 aromatic carbocycles. The molecule has 1 atom stereocenters. The molecule has 0 bridgehead atoms. The first kappa shape index (κ1) is 14.1. The minimum atomic E-state index is -0.771. The fraction of sp³-hybridized carbons (Fsp3) is 0.462. The van der Waals surface area contributed by atoms with Crippen LogP contribution in [-0.4, -0.2) is 36.8 Å². The molecular formula is C13H15NO6. The van der Waals surface area contributed by atoms with Gasteiger partial charge in [0.25, 0.3) is 0 Å². The maximum absolute atomic E-state index is 11.6. The van der Waals surface area contributed by atoms with Crippen molar-refractivity contribution in [1.29, 1.82) is 0 Å². The summed E-state index contributed by atoms with van der Waals surface area (Å²) in [6.07, 6.45) is -0.447. The van der Waals surface area contributed by atoms with Crippen LogP contribution in [0.3, 0.4) is 0 Å². The highest BCUT2D eigenvalue weighted by molar-refractivity contribution is 5.76. The molecule has 0 saturated carbocycles. The average Bonchev–Trinajstić information content (AvgIpc) is 2.44. The van der Waals surface area contributed by atoms with Gasteiger partial charge in [0, 0.05) is 11.3 Å². The molecule has 1 heterocycles. The smallest absolute Gasteiger partial charge is 0.350 e. The van der Waals surface area contributed by atoms with Crippen LogP contribution in [0.15, 0.2) is 18.2 Å². The fourth-order valence-corrected chi connectivity index (χ4v) is 1.84. The van der Waals surface area contributed by atoms with Gasteiger partial charge in [0.15, 0.2) is 11.5 Å². The van der Waals surface area contributed by atoms with E-state index in [1.807, 2.05) is 0 Å². The van der Waals surface area contributed by atoms with Crippen LogP contribution >= 0.6 is 0 Å². The molecule has 108 valence electrons. The lowest BCUT2D eigenvalue weighted by Crippen LogP contribution is -2.37. The summed E-state index contributed by atoms with van der Waals surface area (Å²) < 4.78 is 15.8. The van der Waals surface area contributed by atoms with E-state index < -0.39 is 12.1 Å². The van der Waals surface area contributed by atoms with Crippen LogP contribution < -0.4 is 9.47 Å². The fourth-order valence-electron chi connectivity index (χ4n) is 1.84. The minimum absolute atomic E-state index is 0.0739. The predicted molar refractivity (Wildman–Crippen MR) is 68.6 cm³/mol. The van der Waals surface area contributed by atoms with Crippen LogP contribution in [0.1, 0.15) is 12.5 Å². The highest BCUT2D eigenvalue weighted by Crippen LogP contribution is 2.32. The summed E-state index contributed by atoms with van der Waals surface area (Å²) >= 11 is 0. The topological polar surface area (TPSA) is 87.9 Å². The zero-order chi connectivity index (χ0) is 14.5. The normalized spacial score (nSPS) is 16.6. The van der Waals surface area contributed by atoms with E-state index in [2.05, 4.69) is 0 Å². The SMILES string of the molecule is CCOC(=O)C1COc2cc(CC[N+](=O)[O-])ccc2O1. The standard InChI is InChI=1S/C13H15NO6/c1-2-18-13(15)12-8-19-11-7-9(5-6-14(16)17)3-4-10(11)20-12/h3-4,7,12H,2,5-6,8H2,1H3. The van der Waals surface area contributed by atoms with Crippen LogP contribution in [0.2, 0.25) is 0 Å². The molecule has 0 radical (unpaired) electrons. The van der Waals surface area contributed by atoms with Gasteiger partial charge in [0.1, 0.15) is 6.61 Å². The molecule has 1 unspecified atom stereocenters. The molecule has 2 rings (SSSR count). The molecule has 20 heavy (non-hydrogen) atoms. The van der Waals surface area contributed by atoms with Crippen molar-refractivity contribution in [1.82, 2.24) is 0 Å². The van der Waals surface area contributed by atoms with Gasteiger partial charge >= 0.3 is 5.97 Å². The number of carbonyl (C=O) groups excluding carboxylic acids is 1. The molecule has 0 N–H and O–H groups in total. The number of hydrogen-bond donors (Lipinski definition) is 0. The molecule has 0 saturated heterocycles. The molecule has 0 fully saturated rings. The Hall–Kier alpha value is -2.31. The van der Waals surface area contributed by atoms with Crippen molar-refractivity contribution in [2.75, 3.05) is 19.8 Å². The van der Waals surface area contributed by atoms with Crippen molar-refractivity contribution in [3.05, 3.63) is 33.9 Å². The molecule has 7 nitrogen and oxygen atoms in total. The Morgan fingerprint density at radius 3 is 3.00 bits per heavy atom. The number of carbonyl (C=O) groups is 1. The van der Waals surface area contributed by atoms with E-state index in [1.54, 1.807) is 25.1 Å². The first-order valence-corrected chi connectivity index (χ1v) is 6.31. The van der Waals surface area contributed by atoms with E-state index in [-0.39, 0.29) is 24.7 Å². The van der Waals surface area contributed by atoms with E-state index in [9.17, 15) is 14.9 Å². The van der Waals surface area contributed by atoms with Crippen LogP contribution in [-0.2, 0) is 16.0 Å². The Morgan fingerprint density at radius 2 is 2.30 bits per heavy atom. The summed E-state index contributed by atoms with van der Waals surface area (Å²) in [5.41, 5.74) is 0.790. The van der Waals surface area contributed by atoms with E-state index in [1.165, 1.54) is 0 Å². The lowest BCUT2D eigenvalue weighted by molar-refractivity contribution is -0.479. The van der Waals surface area contributed by atoms with Crippen LogP contribution in [0.5, 0.6) is 11.5 Å². The predicted octanol–water partition coefficient (Wildman–Crippen LogP) is 1.21. The maximum atomic E-state index is 11.6. The highest BCUT2D eigenvalue weighted by Gasteiger charge is 2.28. The Morgan fingerprint density at radius 1 is 1.50 bits per heavy atom. The third-order valence-electron chi connectivity index (χ3n) is 2.80. The van der Waals surface area contributed by atoms with E-state index in [0.717, 1.165) is 5.56 Å². The summed E-state index contributed by atoms with van der Waals surface area (Å²) in [6, 6.07) is 5.06. The van der Waals surface area contributed by atoms with E-state index in [0.29, 0.717) is 17.9 Å². The zero-order valence-corrected chi connectivity index (χ0v) is 11.0. The molecule has 0 aromatic heterocycles. The van der Waals surface area contributed by atoms with Crippen molar-refractivity contribution in [3.63, 3.8) is 0 Å². The third-order valence-corrected chi connectivity index (χ3v) is 2.80. The number of benzene rings is 1. The van der Waals surface area contributed by atoms with Gasteiger partial charge in [-0.15, -0.1) is 0 Å². The highest BCUT2D eigenvalue weighted by atomic mass is 16.6. The van der Waals surface area contributed by atoms with Crippen molar-refractivity contribution in [3.8, 4) is 11.5 Å². The summed E-state index contributed by atoms with van der Waals surface area (Å²) in [4.78, 5) is 21.5. The van der Waals surface area contributed by atoms with Crippen molar-refractivity contribution in [2.45, 2.75) is 19.4 Å². The zero-order valence-electron chi connectivity index (χ0n) is 11.0. The first-order chi connectivity index (χ1) is 9.60. The Kier molecular flexibility index (Phi) is 4.39. The number of nitrogens with zero attached hydrogens (tertiary/aromatic N) is 1. The van der Waals surface area contributed by atoms with Gasteiger partial charge in [0.2, 0.25) is 12.6 Å². The van der Waals surface area contributed by atoms with Crippen LogP contribution in [0, 0.1) is 10.1 Å². The lowest BCUT2D eigenvalue weighted by atomic mass is 10.1. The molecule has 0 amide bonds. The van der Waals surface area contributed by atoms with Crippen molar-refractivity contribution < 1.29 is 23.9 Å². The molecule has 1 aliphatic rings. The summed E-state index contributed by atoms with van der Waals surface area (Å²) in [6.45, 7) is 1.94. The van der Waals surface area contributed by atoms with Crippen LogP contribution in [0.25, 0.3) is 0 Å². The number of nitro groups is 1. The lowest BCUT2D eigenvalue weighted by Gasteiger charge is -2.25. The number of esters is 1. The molecule has 7 heteroatoms. The number of rotatable bonds is 5. The monoisotopic (exact) mass is 281 g/mol. The van der Waals surface area contributed by atoms with Gasteiger partial charge in [-0.25, -0.2) is 4.79 Å². The second-order valence-electron chi connectivity index (χ2n) is 4.26. The van der Waals surface area contributed by atoms with E-state index >= 15 is 0 Å². The molecule has 1 aromatic rings. The molecule has 0 spiro atoms. The minimum Gasteiger partial charge on any atom is -0.485 e. The largest absolute Gasteiger partial charge is 0.485 e. The van der Waals surface area contributed by atoms with E-state index in [4.69, 9.17) is 14.2 Å². The average molecular weight is 281 g/mol. The number of ether oxygens (including phenoxy) is 3. The number of hydrogen-bond acceptors (Lipinski definition) is 6. The maximum Gasteiger partial charge on any atom is 0.350 e. The summed E-state index contributed by atoms with van der Waals surface area (Å²) in [7, 11) is 0. The van der Waals surface area contributed by atoms with Gasteiger partial charge in [-0.1, -0.05) is 6.07 Å². The molecular weight excluding hydrogens is 266 g/mol. The first-order valence-electron chi connectivity index (χ1n) is 6.31. The summed E-state index contributed by atoms with van der Waals surface area (Å²) in [5, 5.41) is 10.3. The second-order valence-corrected chi connectivity index (χ2v) is 4.26. The Balaban J connectivity index is 2.03. The van der Waals surface area contributed by atoms with Crippen LogP contribution in [0.4, 0.5) is 0 Å². The van der Waals surface area contributed by atoms with Gasteiger partial charge in [-0.2, -0.15) is 0 Å². The second kappa shape index (κ2) is 6.23. The van der Waals surface area contributed by atoms with Gasteiger partial charge in [-0.05, 0) is 24.6 Å². The Bertz CT molecular complexity index is 516. The van der Waals surface area contributed by atoms with Crippen molar-refractivity contribution >= 4 is 5.97 Å². The Labute approximate surface area is 115 Å². The molecule has 0 aliphatic carbocycles. The summed E-state index contributed by atoms with van der Waals surface area (Å²) in [5.74, 6) is 0.473. The van der Waals surface area contributed by atoms with Crippen molar-refractivity contribution in [2.24, 2.45) is 0 Å². The van der Waals surface area contributed by atoms with Gasteiger partial charge in [-0.3, -0.25) is 10.1 Å².